The van der Waals surface area contributed by atoms with Gasteiger partial charge in [0.2, 0.25) is 6.41 Å². The van der Waals surface area contributed by atoms with Crippen LogP contribution in [0.2, 0.25) is 0 Å². The zero-order chi connectivity index (χ0) is 15.8. The molecule has 0 saturated carbocycles. The Morgan fingerprint density at radius 3 is 2.71 bits per heavy atom. The molecule has 0 fully saturated rings. The minimum Gasteiger partial charge on any atom is -0.495 e. The van der Waals surface area contributed by atoms with Gasteiger partial charge in [-0.15, -0.1) is 0 Å². The van der Waals surface area contributed by atoms with Gasteiger partial charge in [-0.25, -0.2) is 0 Å². The largest absolute Gasteiger partial charge is 0.495 e. The number of rotatable bonds is 6. The van der Waals surface area contributed by atoms with E-state index in [2.05, 4.69) is 5.32 Å². The maximum Gasteiger partial charge on any atom is 0.318 e. The van der Waals surface area contributed by atoms with Crippen LogP contribution in [0.25, 0.3) is 0 Å². The number of aryl methyl sites for hydroxylation is 1. The first-order valence-electron chi connectivity index (χ1n) is 6.45. The molecule has 0 aliphatic carbocycles. The second-order valence-electron chi connectivity index (χ2n) is 4.40. The van der Waals surface area contributed by atoms with Crippen molar-refractivity contribution in [2.45, 2.75) is 13.3 Å². The van der Waals surface area contributed by atoms with Crippen molar-refractivity contribution in [3.63, 3.8) is 0 Å². The summed E-state index contributed by atoms with van der Waals surface area (Å²) in [7, 11) is 1.46. The lowest BCUT2D eigenvalue weighted by Crippen LogP contribution is -2.40. The van der Waals surface area contributed by atoms with Gasteiger partial charge in [0.1, 0.15) is 5.75 Å². The SMILES string of the molecule is COc1ccc(C)cc1NC(=O)C(=O)N(C=O)CCCN. The van der Waals surface area contributed by atoms with E-state index in [9.17, 15) is 14.4 Å². The third-order valence-electron chi connectivity index (χ3n) is 2.79. The van der Waals surface area contributed by atoms with Crippen LogP contribution in [0.4, 0.5) is 5.69 Å². The lowest BCUT2D eigenvalue weighted by Gasteiger charge is -2.15. The molecule has 7 heteroatoms. The van der Waals surface area contributed by atoms with Gasteiger partial charge in [-0.1, -0.05) is 6.07 Å². The van der Waals surface area contributed by atoms with Crippen LogP contribution in [0.15, 0.2) is 18.2 Å². The molecule has 0 aromatic heterocycles. The van der Waals surface area contributed by atoms with Gasteiger partial charge in [0.15, 0.2) is 0 Å². The number of hydrogen-bond donors (Lipinski definition) is 2. The van der Waals surface area contributed by atoms with Crippen molar-refractivity contribution in [2.24, 2.45) is 5.73 Å². The van der Waals surface area contributed by atoms with Crippen LogP contribution in [0.3, 0.4) is 0 Å². The van der Waals surface area contributed by atoms with E-state index < -0.39 is 11.8 Å². The first-order chi connectivity index (χ1) is 10.0. The predicted molar refractivity (Wildman–Crippen MR) is 77.8 cm³/mol. The summed E-state index contributed by atoms with van der Waals surface area (Å²) < 4.78 is 5.11. The van der Waals surface area contributed by atoms with E-state index in [1.807, 2.05) is 13.0 Å². The molecule has 0 atom stereocenters. The molecule has 1 aromatic rings. The fraction of sp³-hybridized carbons (Fsp3) is 0.357. The van der Waals surface area contributed by atoms with E-state index in [0.717, 1.165) is 10.5 Å². The Morgan fingerprint density at radius 1 is 1.43 bits per heavy atom. The van der Waals surface area contributed by atoms with Gasteiger partial charge in [-0.05, 0) is 37.6 Å². The summed E-state index contributed by atoms with van der Waals surface area (Å²) in [5.74, 6) is -1.40. The molecule has 0 radical (unpaired) electrons. The van der Waals surface area contributed by atoms with Gasteiger partial charge in [-0.3, -0.25) is 19.3 Å². The van der Waals surface area contributed by atoms with Crippen LogP contribution >= 0.6 is 0 Å². The van der Waals surface area contributed by atoms with E-state index in [4.69, 9.17) is 10.5 Å². The fourth-order valence-corrected chi connectivity index (χ4v) is 1.69. The van der Waals surface area contributed by atoms with Gasteiger partial charge in [0.05, 0.1) is 12.8 Å². The van der Waals surface area contributed by atoms with E-state index in [1.165, 1.54) is 7.11 Å². The number of benzene rings is 1. The summed E-state index contributed by atoms with van der Waals surface area (Å²) >= 11 is 0. The molecule has 0 aliphatic rings. The van der Waals surface area contributed by atoms with Crippen molar-refractivity contribution in [2.75, 3.05) is 25.5 Å². The highest BCUT2D eigenvalue weighted by Gasteiger charge is 2.22. The zero-order valence-electron chi connectivity index (χ0n) is 12.1. The zero-order valence-corrected chi connectivity index (χ0v) is 12.1. The number of ether oxygens (including phenoxy) is 1. The molecule has 3 N–H and O–H groups in total. The summed E-state index contributed by atoms with van der Waals surface area (Å²) in [5.41, 5.74) is 6.59. The first-order valence-corrected chi connectivity index (χ1v) is 6.45. The molecule has 114 valence electrons. The third-order valence-corrected chi connectivity index (χ3v) is 2.79. The minimum atomic E-state index is -0.929. The Morgan fingerprint density at radius 2 is 2.14 bits per heavy atom. The average Bonchev–Trinajstić information content (AvgIpc) is 2.48. The molecule has 1 aromatic carbocycles. The predicted octanol–water partition coefficient (Wildman–Crippen LogP) is 0.276. The van der Waals surface area contributed by atoms with Gasteiger partial charge in [0, 0.05) is 6.54 Å². The number of carbonyl (C=O) groups excluding carboxylic acids is 3. The molecule has 0 bridgehead atoms. The van der Waals surface area contributed by atoms with E-state index >= 15 is 0 Å². The molecule has 1 rings (SSSR count). The monoisotopic (exact) mass is 293 g/mol. The van der Waals surface area contributed by atoms with Crippen molar-refractivity contribution >= 4 is 23.9 Å². The molecule has 0 saturated heterocycles. The lowest BCUT2D eigenvalue weighted by atomic mass is 10.2. The fourth-order valence-electron chi connectivity index (χ4n) is 1.69. The van der Waals surface area contributed by atoms with Crippen LogP contribution in [0, 0.1) is 6.92 Å². The Bertz CT molecular complexity index is 531. The lowest BCUT2D eigenvalue weighted by molar-refractivity contribution is -0.146. The average molecular weight is 293 g/mol. The van der Waals surface area contributed by atoms with Crippen molar-refractivity contribution < 1.29 is 19.1 Å². The molecule has 0 spiro atoms. The second kappa shape index (κ2) is 8.01. The van der Waals surface area contributed by atoms with Crippen molar-refractivity contribution in [3.8, 4) is 5.75 Å². The smallest absolute Gasteiger partial charge is 0.318 e. The maximum atomic E-state index is 11.9. The van der Waals surface area contributed by atoms with E-state index in [-0.39, 0.29) is 6.54 Å². The maximum absolute atomic E-state index is 11.9. The summed E-state index contributed by atoms with van der Waals surface area (Å²) in [6.07, 6.45) is 0.760. The molecular weight excluding hydrogens is 274 g/mol. The van der Waals surface area contributed by atoms with Crippen LogP contribution < -0.4 is 15.8 Å². The molecule has 0 aliphatic heterocycles. The highest BCUT2D eigenvalue weighted by atomic mass is 16.5. The van der Waals surface area contributed by atoms with E-state index in [1.54, 1.807) is 12.1 Å². The van der Waals surface area contributed by atoms with E-state index in [0.29, 0.717) is 30.8 Å². The van der Waals surface area contributed by atoms with Crippen molar-refractivity contribution in [1.29, 1.82) is 0 Å². The minimum absolute atomic E-state index is 0.108. The highest BCUT2D eigenvalue weighted by Crippen LogP contribution is 2.25. The summed E-state index contributed by atoms with van der Waals surface area (Å²) in [4.78, 5) is 35.4. The van der Waals surface area contributed by atoms with Crippen LogP contribution in [-0.4, -0.2) is 43.3 Å². The number of hydrogen-bond acceptors (Lipinski definition) is 5. The van der Waals surface area contributed by atoms with Crippen molar-refractivity contribution in [1.82, 2.24) is 4.90 Å². The number of anilines is 1. The normalized spacial score (nSPS) is 9.86. The molecule has 7 nitrogen and oxygen atoms in total. The number of imide groups is 1. The quantitative estimate of drug-likeness (QED) is 0.579. The van der Waals surface area contributed by atoms with Crippen molar-refractivity contribution in [3.05, 3.63) is 23.8 Å². The second-order valence-corrected chi connectivity index (χ2v) is 4.40. The van der Waals surface area contributed by atoms with Gasteiger partial charge in [-0.2, -0.15) is 0 Å². The first kappa shape index (κ1) is 16.6. The van der Waals surface area contributed by atoms with Crippen LogP contribution in [0.5, 0.6) is 5.75 Å². The molecule has 0 unspecified atom stereocenters. The number of amides is 3. The topological polar surface area (TPSA) is 102 Å². The molecule has 21 heavy (non-hydrogen) atoms. The Hall–Kier alpha value is -2.41. The third kappa shape index (κ3) is 4.57. The standard InChI is InChI=1S/C14H19N3O4/c1-10-4-5-12(21-2)11(8-10)16-13(19)14(20)17(9-18)7-3-6-15/h4-5,8-9H,3,6-7,15H2,1-2H3,(H,16,19). The summed E-state index contributed by atoms with van der Waals surface area (Å²) in [5, 5.41) is 2.45. The van der Waals surface area contributed by atoms with Crippen LogP contribution in [0.1, 0.15) is 12.0 Å². The number of carbonyl (C=O) groups is 3. The number of methoxy groups -OCH3 is 1. The highest BCUT2D eigenvalue weighted by molar-refractivity contribution is 6.41. The van der Waals surface area contributed by atoms with Crippen LogP contribution in [-0.2, 0) is 14.4 Å². The van der Waals surface area contributed by atoms with Gasteiger partial charge in [0.25, 0.3) is 0 Å². The Balaban J connectivity index is 2.82. The Labute approximate surface area is 123 Å². The van der Waals surface area contributed by atoms with Gasteiger partial charge >= 0.3 is 11.8 Å². The Kier molecular flexibility index (Phi) is 6.35. The molecular formula is C14H19N3O4. The van der Waals surface area contributed by atoms with Gasteiger partial charge < -0.3 is 15.8 Å². The summed E-state index contributed by atoms with van der Waals surface area (Å²) in [6, 6.07) is 5.17. The molecule has 0 heterocycles. The summed E-state index contributed by atoms with van der Waals surface area (Å²) in [6.45, 7) is 2.28. The number of nitrogens with one attached hydrogen (secondary N) is 1. The number of nitrogens with zero attached hydrogens (tertiary/aromatic N) is 1. The number of nitrogens with two attached hydrogens (primary N) is 1. The molecule has 3 amide bonds.